The van der Waals surface area contributed by atoms with E-state index >= 15 is 0 Å². The van der Waals surface area contributed by atoms with E-state index in [0.717, 1.165) is 11.3 Å². The number of nitro benzene ring substituents is 1. The summed E-state index contributed by atoms with van der Waals surface area (Å²) in [6, 6.07) is 13.5. The van der Waals surface area contributed by atoms with E-state index in [1.165, 1.54) is 12.1 Å². The fourth-order valence-corrected chi connectivity index (χ4v) is 5.28. The largest absolute Gasteiger partial charge is 0.487 e. The summed E-state index contributed by atoms with van der Waals surface area (Å²) in [6.45, 7) is 5.08. The van der Waals surface area contributed by atoms with Crippen molar-refractivity contribution in [1.82, 2.24) is 4.90 Å². The van der Waals surface area contributed by atoms with E-state index in [-0.39, 0.29) is 23.5 Å². The number of methoxy groups -OCH3 is 1. The van der Waals surface area contributed by atoms with Crippen LogP contribution in [0.15, 0.2) is 65.1 Å². The van der Waals surface area contributed by atoms with E-state index in [4.69, 9.17) is 26.8 Å². The zero-order chi connectivity index (χ0) is 27.6. The van der Waals surface area contributed by atoms with Gasteiger partial charge in [-0.3, -0.25) is 14.9 Å². The maximum Gasteiger partial charge on any atom is 0.269 e. The van der Waals surface area contributed by atoms with Gasteiger partial charge in [-0.1, -0.05) is 31.5 Å². The highest BCUT2D eigenvalue weighted by Gasteiger charge is 2.44. The average molecular weight is 537 g/mol. The molecule has 2 aromatic rings. The fraction of sp³-hybridized carbons (Fsp3) is 0.357. The molecule has 0 saturated heterocycles. The standard InChI is InChI=1S/C28H29ClN4O5/c1-28(2)13-22-26(23(34)14-28)25(20(15-30)27(31)32(22)10-11-37-3)18-6-9-24(21(29)12-18)38-16-17-4-7-19(8-5-17)33(35)36/h4-9,12,25H,10-11,13-14,16,31H2,1-3H3/t25-/m1/s1. The first kappa shape index (κ1) is 27.2. The second kappa shape index (κ2) is 10.9. The molecule has 0 saturated carbocycles. The number of non-ortho nitro benzene ring substituents is 1. The number of ketones is 1. The monoisotopic (exact) mass is 536 g/mol. The van der Waals surface area contributed by atoms with Gasteiger partial charge in [0.25, 0.3) is 5.69 Å². The molecule has 38 heavy (non-hydrogen) atoms. The molecular formula is C28H29ClN4O5. The Labute approximate surface area is 226 Å². The van der Waals surface area contributed by atoms with E-state index < -0.39 is 10.8 Å². The number of allylic oxidation sites excluding steroid dienone is 3. The van der Waals surface area contributed by atoms with Gasteiger partial charge in [-0.05, 0) is 47.2 Å². The van der Waals surface area contributed by atoms with Crippen molar-refractivity contribution in [1.29, 1.82) is 5.26 Å². The van der Waals surface area contributed by atoms with E-state index in [1.807, 2.05) is 18.7 Å². The second-order valence-corrected chi connectivity index (χ2v) is 10.6. The smallest absolute Gasteiger partial charge is 0.269 e. The summed E-state index contributed by atoms with van der Waals surface area (Å²) in [7, 11) is 1.59. The number of benzene rings is 2. The molecule has 1 heterocycles. The lowest BCUT2D eigenvalue weighted by Gasteiger charge is -2.43. The Balaban J connectivity index is 1.67. The van der Waals surface area contributed by atoms with E-state index in [2.05, 4.69) is 6.07 Å². The first-order valence-corrected chi connectivity index (χ1v) is 12.5. The minimum atomic E-state index is -0.640. The van der Waals surface area contributed by atoms with Crippen molar-refractivity contribution in [3.63, 3.8) is 0 Å². The Morgan fingerprint density at radius 2 is 1.95 bits per heavy atom. The molecule has 0 amide bonds. The van der Waals surface area contributed by atoms with Gasteiger partial charge in [0.1, 0.15) is 18.2 Å². The predicted octanol–water partition coefficient (Wildman–Crippen LogP) is 5.21. The van der Waals surface area contributed by atoms with Crippen molar-refractivity contribution in [2.75, 3.05) is 20.3 Å². The molecule has 1 aliphatic heterocycles. The summed E-state index contributed by atoms with van der Waals surface area (Å²) in [4.78, 5) is 25.7. The van der Waals surface area contributed by atoms with Crippen LogP contribution in [0.25, 0.3) is 0 Å². The molecule has 4 rings (SSSR count). The number of nitriles is 1. The molecule has 0 unspecified atom stereocenters. The number of carbonyl (C=O) groups excluding carboxylic acids is 1. The zero-order valence-corrected chi connectivity index (χ0v) is 22.2. The van der Waals surface area contributed by atoms with Crippen LogP contribution in [0.5, 0.6) is 5.75 Å². The molecular weight excluding hydrogens is 508 g/mol. The third kappa shape index (κ3) is 5.37. The van der Waals surface area contributed by atoms with E-state index in [9.17, 15) is 20.2 Å². The van der Waals surface area contributed by atoms with Crippen LogP contribution >= 0.6 is 11.6 Å². The van der Waals surface area contributed by atoms with Gasteiger partial charge in [0, 0.05) is 43.5 Å². The second-order valence-electron chi connectivity index (χ2n) is 10.2. The van der Waals surface area contributed by atoms with Crippen LogP contribution in [-0.2, 0) is 16.1 Å². The molecule has 198 valence electrons. The minimum absolute atomic E-state index is 0.000603. The molecule has 2 aromatic carbocycles. The van der Waals surface area contributed by atoms with Gasteiger partial charge in [0.15, 0.2) is 5.78 Å². The Bertz CT molecular complexity index is 1370. The molecule has 1 aliphatic carbocycles. The van der Waals surface area contributed by atoms with Crippen LogP contribution in [0.3, 0.4) is 0 Å². The van der Waals surface area contributed by atoms with Crippen LogP contribution in [-0.4, -0.2) is 35.9 Å². The number of halogens is 1. The van der Waals surface area contributed by atoms with Crippen LogP contribution in [0, 0.1) is 26.9 Å². The van der Waals surface area contributed by atoms with Gasteiger partial charge in [0.05, 0.1) is 34.1 Å². The Hall–Kier alpha value is -3.87. The van der Waals surface area contributed by atoms with Crippen molar-refractivity contribution in [2.24, 2.45) is 11.1 Å². The van der Waals surface area contributed by atoms with Crippen molar-refractivity contribution >= 4 is 23.1 Å². The molecule has 10 heteroatoms. The van der Waals surface area contributed by atoms with Crippen LogP contribution in [0.1, 0.15) is 43.7 Å². The lowest BCUT2D eigenvalue weighted by Crippen LogP contribution is -2.43. The number of rotatable bonds is 8. The van der Waals surface area contributed by atoms with E-state index in [0.29, 0.717) is 59.3 Å². The first-order chi connectivity index (χ1) is 18.1. The highest BCUT2D eigenvalue weighted by Crippen LogP contribution is 2.49. The lowest BCUT2D eigenvalue weighted by atomic mass is 9.68. The first-order valence-electron chi connectivity index (χ1n) is 12.1. The van der Waals surface area contributed by atoms with Crippen molar-refractivity contribution in [2.45, 2.75) is 39.2 Å². The normalized spacial score (nSPS) is 18.8. The Morgan fingerprint density at radius 1 is 1.24 bits per heavy atom. The number of hydrogen-bond donors (Lipinski definition) is 1. The lowest BCUT2D eigenvalue weighted by molar-refractivity contribution is -0.384. The molecule has 0 fully saturated rings. The highest BCUT2D eigenvalue weighted by atomic mass is 35.5. The molecule has 2 aliphatic rings. The van der Waals surface area contributed by atoms with Crippen LogP contribution < -0.4 is 10.5 Å². The summed E-state index contributed by atoms with van der Waals surface area (Å²) >= 11 is 6.59. The summed E-state index contributed by atoms with van der Waals surface area (Å²) in [5, 5.41) is 21.3. The predicted molar refractivity (Wildman–Crippen MR) is 142 cm³/mol. The topological polar surface area (TPSA) is 132 Å². The number of ether oxygens (including phenoxy) is 2. The number of nitrogens with zero attached hydrogens (tertiary/aromatic N) is 3. The number of hydrogen-bond acceptors (Lipinski definition) is 8. The van der Waals surface area contributed by atoms with Crippen LogP contribution in [0.2, 0.25) is 5.02 Å². The van der Waals surface area contributed by atoms with Gasteiger partial charge in [-0.15, -0.1) is 0 Å². The van der Waals surface area contributed by atoms with E-state index in [1.54, 1.807) is 37.4 Å². The van der Waals surface area contributed by atoms with Crippen molar-refractivity contribution < 1.29 is 19.2 Å². The number of Topliss-reactive ketones (excluding diaryl/α,β-unsaturated/α-hetero) is 1. The molecule has 2 N–H and O–H groups in total. The number of nitro groups is 1. The average Bonchev–Trinajstić information content (AvgIpc) is 2.86. The third-order valence-electron chi connectivity index (χ3n) is 6.84. The summed E-state index contributed by atoms with van der Waals surface area (Å²) in [5.41, 5.74) is 9.39. The quantitative estimate of drug-likeness (QED) is 0.359. The van der Waals surface area contributed by atoms with Crippen molar-refractivity contribution in [3.05, 3.63) is 91.4 Å². The molecule has 0 aromatic heterocycles. The highest BCUT2D eigenvalue weighted by molar-refractivity contribution is 6.32. The summed E-state index contributed by atoms with van der Waals surface area (Å²) in [6.07, 6.45) is 1.00. The van der Waals surface area contributed by atoms with Crippen molar-refractivity contribution in [3.8, 4) is 11.8 Å². The van der Waals surface area contributed by atoms with Crippen LogP contribution in [0.4, 0.5) is 5.69 Å². The van der Waals surface area contributed by atoms with Gasteiger partial charge in [-0.25, -0.2) is 0 Å². The van der Waals surface area contributed by atoms with Gasteiger partial charge in [-0.2, -0.15) is 5.26 Å². The molecule has 1 atom stereocenters. The SMILES string of the molecule is COCCN1C(N)=C(C#N)[C@@H](c2ccc(OCc3ccc([N+](=O)[O-])cc3)c(Cl)c2)C2=C1CC(C)(C)CC2=O. The fourth-order valence-electron chi connectivity index (χ4n) is 5.04. The maximum absolute atomic E-state index is 13.5. The Morgan fingerprint density at radius 3 is 2.55 bits per heavy atom. The molecule has 0 radical (unpaired) electrons. The number of carbonyl (C=O) groups is 1. The summed E-state index contributed by atoms with van der Waals surface area (Å²) < 4.78 is 11.1. The molecule has 0 spiro atoms. The maximum atomic E-state index is 13.5. The minimum Gasteiger partial charge on any atom is -0.487 e. The van der Waals surface area contributed by atoms with Gasteiger partial charge in [0.2, 0.25) is 0 Å². The van der Waals surface area contributed by atoms with Gasteiger partial charge >= 0.3 is 0 Å². The number of nitrogens with two attached hydrogens (primary N) is 1. The zero-order valence-electron chi connectivity index (χ0n) is 21.5. The summed E-state index contributed by atoms with van der Waals surface area (Å²) in [5.74, 6) is 0.0673. The third-order valence-corrected chi connectivity index (χ3v) is 7.13. The Kier molecular flexibility index (Phi) is 7.76. The van der Waals surface area contributed by atoms with Gasteiger partial charge < -0.3 is 20.1 Å². The molecule has 9 nitrogen and oxygen atoms in total. The molecule has 0 bridgehead atoms.